The fourth-order valence-corrected chi connectivity index (χ4v) is 2.69. The minimum absolute atomic E-state index is 0.220. The van der Waals surface area contributed by atoms with Crippen LogP contribution in [0.15, 0.2) is 42.5 Å². The van der Waals surface area contributed by atoms with Gasteiger partial charge in [0.2, 0.25) is 5.91 Å². The molecule has 0 saturated carbocycles. The van der Waals surface area contributed by atoms with Crippen molar-refractivity contribution in [2.24, 2.45) is 0 Å². The maximum absolute atomic E-state index is 12.1. The number of methoxy groups -OCH3 is 2. The zero-order valence-electron chi connectivity index (χ0n) is 15.0. The van der Waals surface area contributed by atoms with Gasteiger partial charge in [-0.05, 0) is 36.8 Å². The molecule has 26 heavy (non-hydrogen) atoms. The van der Waals surface area contributed by atoms with Crippen LogP contribution in [0.2, 0.25) is 5.02 Å². The number of benzene rings is 2. The number of carbonyl (C=O) groups excluding carboxylic acids is 1. The second-order valence-electron chi connectivity index (χ2n) is 5.33. The van der Waals surface area contributed by atoms with Gasteiger partial charge in [-0.15, -0.1) is 0 Å². The lowest BCUT2D eigenvalue weighted by molar-refractivity contribution is -0.116. The van der Waals surface area contributed by atoms with Crippen LogP contribution in [0.25, 0.3) is 6.08 Å². The van der Waals surface area contributed by atoms with Crippen LogP contribution in [0, 0.1) is 0 Å². The van der Waals surface area contributed by atoms with Gasteiger partial charge in [-0.3, -0.25) is 4.79 Å². The summed E-state index contributed by atoms with van der Waals surface area (Å²) in [5.74, 6) is 1.52. The Labute approximate surface area is 158 Å². The molecule has 6 heteroatoms. The lowest BCUT2D eigenvalue weighted by atomic mass is 10.1. The number of para-hydroxylation sites is 1. The van der Waals surface area contributed by atoms with E-state index >= 15 is 0 Å². The van der Waals surface area contributed by atoms with Crippen LogP contribution in [-0.4, -0.2) is 26.7 Å². The van der Waals surface area contributed by atoms with Gasteiger partial charge in [0, 0.05) is 18.2 Å². The summed E-state index contributed by atoms with van der Waals surface area (Å²) >= 11 is 6.16. The number of rotatable bonds is 8. The summed E-state index contributed by atoms with van der Waals surface area (Å²) < 4.78 is 16.0. The summed E-state index contributed by atoms with van der Waals surface area (Å²) in [6, 6.07) is 11.1. The zero-order valence-corrected chi connectivity index (χ0v) is 15.8. The third kappa shape index (κ3) is 5.17. The fraction of sp³-hybridized carbons (Fsp3) is 0.250. The van der Waals surface area contributed by atoms with Crippen molar-refractivity contribution in [2.45, 2.75) is 13.5 Å². The normalized spacial score (nSPS) is 10.6. The highest BCUT2D eigenvalue weighted by molar-refractivity contribution is 6.32. The summed E-state index contributed by atoms with van der Waals surface area (Å²) in [4.78, 5) is 12.1. The van der Waals surface area contributed by atoms with Crippen molar-refractivity contribution in [2.75, 3.05) is 20.8 Å². The third-order valence-corrected chi connectivity index (χ3v) is 3.89. The number of hydrogen-bond donors (Lipinski definition) is 1. The molecular formula is C20H22ClNO4. The molecule has 2 aromatic carbocycles. The van der Waals surface area contributed by atoms with Crippen molar-refractivity contribution < 1.29 is 19.0 Å². The second kappa shape index (κ2) is 9.73. The third-order valence-electron chi connectivity index (χ3n) is 3.61. The molecule has 0 aromatic heterocycles. The van der Waals surface area contributed by atoms with E-state index < -0.39 is 0 Å². The molecule has 0 spiro atoms. The SMILES string of the molecule is CCOc1ccccc1CNC(=O)C=Cc1cc(Cl)c(OC)c(OC)c1. The van der Waals surface area contributed by atoms with E-state index in [1.54, 1.807) is 18.2 Å². The Morgan fingerprint density at radius 1 is 1.15 bits per heavy atom. The molecule has 0 aliphatic carbocycles. The maximum Gasteiger partial charge on any atom is 0.244 e. The smallest absolute Gasteiger partial charge is 0.244 e. The Kier molecular flexibility index (Phi) is 7.36. The van der Waals surface area contributed by atoms with E-state index in [-0.39, 0.29) is 5.91 Å². The van der Waals surface area contributed by atoms with Gasteiger partial charge in [0.25, 0.3) is 0 Å². The van der Waals surface area contributed by atoms with Crippen LogP contribution in [0.4, 0.5) is 0 Å². The number of amides is 1. The first-order valence-electron chi connectivity index (χ1n) is 8.17. The summed E-state index contributed by atoms with van der Waals surface area (Å²) in [7, 11) is 3.05. The van der Waals surface area contributed by atoms with Gasteiger partial charge in [0.15, 0.2) is 11.5 Å². The first-order valence-corrected chi connectivity index (χ1v) is 8.55. The van der Waals surface area contributed by atoms with Gasteiger partial charge in [-0.1, -0.05) is 29.8 Å². The number of ether oxygens (including phenoxy) is 3. The van der Waals surface area contributed by atoms with Crippen LogP contribution in [-0.2, 0) is 11.3 Å². The first kappa shape index (κ1) is 19.7. The van der Waals surface area contributed by atoms with E-state index in [1.165, 1.54) is 20.3 Å². The van der Waals surface area contributed by atoms with Gasteiger partial charge >= 0.3 is 0 Å². The molecule has 0 aliphatic heterocycles. The quantitative estimate of drug-likeness (QED) is 0.706. The van der Waals surface area contributed by atoms with Crippen molar-refractivity contribution in [3.63, 3.8) is 0 Å². The lowest BCUT2D eigenvalue weighted by Gasteiger charge is -2.10. The van der Waals surface area contributed by atoms with Crippen LogP contribution in [0.5, 0.6) is 17.2 Å². The molecule has 1 amide bonds. The van der Waals surface area contributed by atoms with Crippen molar-refractivity contribution in [3.05, 3.63) is 58.6 Å². The van der Waals surface area contributed by atoms with Crippen molar-refractivity contribution in [1.29, 1.82) is 0 Å². The summed E-state index contributed by atoms with van der Waals surface area (Å²) in [6.45, 7) is 2.88. The van der Waals surface area contributed by atoms with Crippen LogP contribution < -0.4 is 19.5 Å². The van der Waals surface area contributed by atoms with E-state index in [2.05, 4.69) is 5.32 Å². The highest BCUT2D eigenvalue weighted by Crippen LogP contribution is 2.36. The van der Waals surface area contributed by atoms with Crippen LogP contribution >= 0.6 is 11.6 Å². The Bertz CT molecular complexity index is 789. The molecule has 138 valence electrons. The average Bonchev–Trinajstić information content (AvgIpc) is 2.65. The van der Waals surface area contributed by atoms with E-state index in [4.69, 9.17) is 25.8 Å². The predicted octanol–water partition coefficient (Wildman–Crippen LogP) is 4.09. The Balaban J connectivity index is 2.03. The lowest BCUT2D eigenvalue weighted by Crippen LogP contribution is -2.20. The number of carbonyl (C=O) groups is 1. The molecule has 0 radical (unpaired) electrons. The molecule has 0 saturated heterocycles. The summed E-state index contributed by atoms with van der Waals surface area (Å²) in [5.41, 5.74) is 1.66. The van der Waals surface area contributed by atoms with Gasteiger partial charge in [-0.25, -0.2) is 0 Å². The van der Waals surface area contributed by atoms with E-state index in [0.717, 1.165) is 16.9 Å². The van der Waals surface area contributed by atoms with E-state index in [9.17, 15) is 4.79 Å². The number of nitrogens with one attached hydrogen (secondary N) is 1. The molecule has 0 unspecified atom stereocenters. The zero-order chi connectivity index (χ0) is 18.9. The minimum Gasteiger partial charge on any atom is -0.494 e. The molecule has 0 heterocycles. The topological polar surface area (TPSA) is 56.8 Å². The van der Waals surface area contributed by atoms with Gasteiger partial charge in [0.1, 0.15) is 5.75 Å². The molecule has 5 nitrogen and oxygen atoms in total. The van der Waals surface area contributed by atoms with Crippen LogP contribution in [0.1, 0.15) is 18.1 Å². The molecular weight excluding hydrogens is 354 g/mol. The van der Waals surface area contributed by atoms with Crippen molar-refractivity contribution in [1.82, 2.24) is 5.32 Å². The molecule has 2 rings (SSSR count). The molecule has 0 bridgehead atoms. The van der Waals surface area contributed by atoms with Crippen LogP contribution in [0.3, 0.4) is 0 Å². The monoisotopic (exact) mass is 375 g/mol. The largest absolute Gasteiger partial charge is 0.494 e. The summed E-state index contributed by atoms with van der Waals surface area (Å²) in [6.07, 6.45) is 3.11. The standard InChI is InChI=1S/C20H22ClNO4/c1-4-26-17-8-6-5-7-15(17)13-22-19(23)10-9-14-11-16(21)20(25-3)18(12-14)24-2/h5-12H,4,13H2,1-3H3,(H,22,23). The highest BCUT2D eigenvalue weighted by atomic mass is 35.5. The Morgan fingerprint density at radius 3 is 2.62 bits per heavy atom. The molecule has 1 N–H and O–H groups in total. The van der Waals surface area contributed by atoms with Gasteiger partial charge in [0.05, 0.1) is 25.8 Å². The maximum atomic E-state index is 12.1. The average molecular weight is 376 g/mol. The van der Waals surface area contributed by atoms with Crippen molar-refractivity contribution >= 4 is 23.6 Å². The Morgan fingerprint density at radius 2 is 1.92 bits per heavy atom. The van der Waals surface area contributed by atoms with E-state index in [1.807, 2.05) is 31.2 Å². The second-order valence-corrected chi connectivity index (χ2v) is 5.74. The molecule has 0 atom stereocenters. The highest BCUT2D eigenvalue weighted by Gasteiger charge is 2.10. The fourth-order valence-electron chi connectivity index (χ4n) is 2.39. The predicted molar refractivity (Wildman–Crippen MR) is 103 cm³/mol. The number of hydrogen-bond acceptors (Lipinski definition) is 4. The minimum atomic E-state index is -0.220. The first-order chi connectivity index (χ1) is 12.6. The van der Waals surface area contributed by atoms with Gasteiger partial charge < -0.3 is 19.5 Å². The molecule has 2 aromatic rings. The van der Waals surface area contributed by atoms with Crippen molar-refractivity contribution in [3.8, 4) is 17.2 Å². The molecule has 0 aliphatic rings. The number of halogens is 1. The van der Waals surface area contributed by atoms with Gasteiger partial charge in [-0.2, -0.15) is 0 Å². The summed E-state index contributed by atoms with van der Waals surface area (Å²) in [5, 5.41) is 3.25. The molecule has 0 fully saturated rings. The Hall–Kier alpha value is -2.66. The van der Waals surface area contributed by atoms with E-state index in [0.29, 0.717) is 29.7 Å².